The molecule has 0 radical (unpaired) electrons. The third-order valence-electron chi connectivity index (χ3n) is 3.90. The topological polar surface area (TPSA) is 41.6 Å². The fourth-order valence-corrected chi connectivity index (χ4v) is 2.96. The van der Waals surface area contributed by atoms with E-state index in [2.05, 4.69) is 5.32 Å². The van der Waals surface area contributed by atoms with Crippen LogP contribution in [0.3, 0.4) is 0 Å². The quantitative estimate of drug-likeness (QED) is 0.721. The molecule has 0 saturated carbocycles. The Morgan fingerprint density at radius 2 is 2.06 bits per heavy atom. The first-order valence-electron chi connectivity index (χ1n) is 7.09. The fraction of sp³-hybridized carbons (Fsp3) is 0.929. The number of likely N-dealkylation sites (tertiary alicyclic amines) is 1. The van der Waals surface area contributed by atoms with Crippen LogP contribution in [-0.4, -0.2) is 42.8 Å². The van der Waals surface area contributed by atoms with Crippen molar-refractivity contribution in [1.82, 2.24) is 10.2 Å². The first kappa shape index (κ1) is 13.7. The smallest absolute Gasteiger partial charge is 0.410 e. The molecule has 2 saturated heterocycles. The molecule has 2 aliphatic heterocycles. The van der Waals surface area contributed by atoms with Gasteiger partial charge in [0.1, 0.15) is 5.60 Å². The van der Waals surface area contributed by atoms with Crippen molar-refractivity contribution in [2.75, 3.05) is 26.2 Å². The van der Waals surface area contributed by atoms with E-state index in [4.69, 9.17) is 4.74 Å². The zero-order valence-corrected chi connectivity index (χ0v) is 11.9. The van der Waals surface area contributed by atoms with Gasteiger partial charge in [-0.05, 0) is 46.6 Å². The summed E-state index contributed by atoms with van der Waals surface area (Å²) in [4.78, 5) is 13.9. The second kappa shape index (κ2) is 5.08. The van der Waals surface area contributed by atoms with E-state index < -0.39 is 5.60 Å². The summed E-state index contributed by atoms with van der Waals surface area (Å²) in [7, 11) is 0. The number of hydrogen-bond donors (Lipinski definition) is 1. The van der Waals surface area contributed by atoms with Gasteiger partial charge < -0.3 is 15.0 Å². The van der Waals surface area contributed by atoms with E-state index in [0.717, 1.165) is 32.6 Å². The van der Waals surface area contributed by atoms with Crippen LogP contribution in [0, 0.1) is 5.41 Å². The van der Waals surface area contributed by atoms with Crippen LogP contribution >= 0.6 is 0 Å². The van der Waals surface area contributed by atoms with Gasteiger partial charge >= 0.3 is 6.09 Å². The van der Waals surface area contributed by atoms with Gasteiger partial charge in [-0.3, -0.25) is 0 Å². The Bertz CT molecular complexity index is 301. The lowest BCUT2D eigenvalue weighted by atomic mass is 9.83. The SMILES string of the molecule is CC(C)(C)OC(=O)N1CCC2(CCCCNC2)C1. The van der Waals surface area contributed by atoms with Crippen molar-refractivity contribution >= 4 is 6.09 Å². The van der Waals surface area contributed by atoms with Gasteiger partial charge in [-0.1, -0.05) is 6.42 Å². The van der Waals surface area contributed by atoms with E-state index >= 15 is 0 Å². The maximum absolute atomic E-state index is 12.1. The van der Waals surface area contributed by atoms with E-state index in [1.807, 2.05) is 25.7 Å². The highest BCUT2D eigenvalue weighted by Crippen LogP contribution is 2.36. The highest BCUT2D eigenvalue weighted by Gasteiger charge is 2.41. The van der Waals surface area contributed by atoms with Crippen molar-refractivity contribution in [3.63, 3.8) is 0 Å². The van der Waals surface area contributed by atoms with E-state index in [1.54, 1.807) is 0 Å². The number of nitrogens with zero attached hydrogens (tertiary/aromatic N) is 1. The summed E-state index contributed by atoms with van der Waals surface area (Å²) in [5.41, 5.74) is -0.0953. The lowest BCUT2D eigenvalue weighted by Crippen LogP contribution is -2.39. The number of nitrogens with one attached hydrogen (secondary N) is 1. The zero-order valence-electron chi connectivity index (χ0n) is 11.9. The monoisotopic (exact) mass is 254 g/mol. The summed E-state index contributed by atoms with van der Waals surface area (Å²) < 4.78 is 5.45. The van der Waals surface area contributed by atoms with Crippen LogP contribution in [0.2, 0.25) is 0 Å². The third-order valence-corrected chi connectivity index (χ3v) is 3.90. The first-order chi connectivity index (χ1) is 8.40. The van der Waals surface area contributed by atoms with Gasteiger partial charge in [0.2, 0.25) is 0 Å². The maximum atomic E-state index is 12.1. The van der Waals surface area contributed by atoms with Crippen LogP contribution in [0.4, 0.5) is 4.79 Å². The molecule has 0 aromatic carbocycles. The molecule has 1 unspecified atom stereocenters. The summed E-state index contributed by atoms with van der Waals surface area (Å²) in [6, 6.07) is 0. The molecule has 0 aliphatic carbocycles. The lowest BCUT2D eigenvalue weighted by molar-refractivity contribution is 0.0271. The van der Waals surface area contributed by atoms with Crippen molar-refractivity contribution in [2.45, 2.75) is 52.1 Å². The van der Waals surface area contributed by atoms with Crippen LogP contribution in [0.25, 0.3) is 0 Å². The highest BCUT2D eigenvalue weighted by molar-refractivity contribution is 5.68. The molecule has 2 heterocycles. The molecule has 0 aromatic rings. The van der Waals surface area contributed by atoms with Crippen molar-refractivity contribution in [1.29, 1.82) is 0 Å². The molecule has 1 N–H and O–H groups in total. The van der Waals surface area contributed by atoms with E-state index in [-0.39, 0.29) is 6.09 Å². The molecule has 18 heavy (non-hydrogen) atoms. The van der Waals surface area contributed by atoms with Crippen LogP contribution in [0.15, 0.2) is 0 Å². The van der Waals surface area contributed by atoms with Gasteiger partial charge in [0.05, 0.1) is 0 Å². The molecule has 0 bridgehead atoms. The average Bonchev–Trinajstić information content (AvgIpc) is 2.51. The first-order valence-corrected chi connectivity index (χ1v) is 7.09. The molecule has 1 amide bonds. The number of hydrogen-bond acceptors (Lipinski definition) is 3. The van der Waals surface area contributed by atoms with Gasteiger partial charge in [-0.2, -0.15) is 0 Å². The van der Waals surface area contributed by atoms with E-state index in [1.165, 1.54) is 19.3 Å². The minimum Gasteiger partial charge on any atom is -0.444 e. The van der Waals surface area contributed by atoms with Gasteiger partial charge in [0.15, 0.2) is 0 Å². The number of carbonyl (C=O) groups excluding carboxylic acids is 1. The number of amides is 1. The van der Waals surface area contributed by atoms with Gasteiger partial charge in [0, 0.05) is 25.0 Å². The van der Waals surface area contributed by atoms with Crippen molar-refractivity contribution in [3.8, 4) is 0 Å². The van der Waals surface area contributed by atoms with E-state index in [9.17, 15) is 4.79 Å². The van der Waals surface area contributed by atoms with Crippen LogP contribution in [0.1, 0.15) is 46.5 Å². The predicted octanol–water partition coefficient (Wildman–Crippen LogP) is 2.39. The van der Waals surface area contributed by atoms with Crippen molar-refractivity contribution in [2.24, 2.45) is 5.41 Å². The largest absolute Gasteiger partial charge is 0.444 e. The Morgan fingerprint density at radius 1 is 1.28 bits per heavy atom. The minimum absolute atomic E-state index is 0.149. The second-order valence-electron chi connectivity index (χ2n) is 6.79. The summed E-state index contributed by atoms with van der Waals surface area (Å²) >= 11 is 0. The van der Waals surface area contributed by atoms with E-state index in [0.29, 0.717) is 5.41 Å². The molecule has 4 nitrogen and oxygen atoms in total. The molecule has 2 aliphatic rings. The second-order valence-corrected chi connectivity index (χ2v) is 6.79. The molecule has 1 atom stereocenters. The Hall–Kier alpha value is -0.770. The molecular formula is C14H26N2O2. The normalized spacial score (nSPS) is 29.4. The van der Waals surface area contributed by atoms with Crippen molar-refractivity contribution in [3.05, 3.63) is 0 Å². The summed E-state index contributed by atoms with van der Waals surface area (Å²) in [5.74, 6) is 0. The number of carbonyl (C=O) groups is 1. The summed E-state index contributed by atoms with van der Waals surface area (Å²) in [5, 5.41) is 3.51. The molecule has 1 spiro atoms. The minimum atomic E-state index is -0.394. The van der Waals surface area contributed by atoms with Gasteiger partial charge in [0.25, 0.3) is 0 Å². The molecule has 2 fully saturated rings. The van der Waals surface area contributed by atoms with Crippen LogP contribution < -0.4 is 5.32 Å². The van der Waals surface area contributed by atoms with Crippen LogP contribution in [-0.2, 0) is 4.74 Å². The molecule has 4 heteroatoms. The number of rotatable bonds is 0. The molecular weight excluding hydrogens is 228 g/mol. The summed E-state index contributed by atoms with van der Waals surface area (Å²) in [6.45, 7) is 9.63. The Balaban J connectivity index is 1.92. The fourth-order valence-electron chi connectivity index (χ4n) is 2.96. The zero-order chi connectivity index (χ0) is 13.2. The lowest BCUT2D eigenvalue weighted by Gasteiger charge is -2.29. The van der Waals surface area contributed by atoms with Crippen molar-refractivity contribution < 1.29 is 9.53 Å². The predicted molar refractivity (Wildman–Crippen MR) is 71.6 cm³/mol. The maximum Gasteiger partial charge on any atom is 0.410 e. The highest BCUT2D eigenvalue weighted by atomic mass is 16.6. The van der Waals surface area contributed by atoms with Gasteiger partial charge in [-0.25, -0.2) is 4.79 Å². The number of ether oxygens (including phenoxy) is 1. The Labute approximate surface area is 110 Å². The Morgan fingerprint density at radius 3 is 2.78 bits per heavy atom. The van der Waals surface area contributed by atoms with Crippen LogP contribution in [0.5, 0.6) is 0 Å². The average molecular weight is 254 g/mol. The summed E-state index contributed by atoms with van der Waals surface area (Å²) in [6.07, 6.45) is 4.73. The molecule has 104 valence electrons. The Kier molecular flexibility index (Phi) is 3.85. The molecule has 0 aromatic heterocycles. The standard InChI is InChI=1S/C14H26N2O2/c1-13(2,3)18-12(17)16-9-7-14(11-16)6-4-5-8-15-10-14/h15H,4-11H2,1-3H3. The van der Waals surface area contributed by atoms with Gasteiger partial charge in [-0.15, -0.1) is 0 Å². The third kappa shape index (κ3) is 3.37. The molecule has 2 rings (SSSR count).